The molecule has 150 valence electrons. The quantitative estimate of drug-likeness (QED) is 0.410. The maximum Gasteiger partial charge on any atom is 0.464 e. The maximum atomic E-state index is 14.5. The highest BCUT2D eigenvalue weighted by atomic mass is 19.3. The number of pyridine rings is 1. The summed E-state index contributed by atoms with van der Waals surface area (Å²) in [5.41, 5.74) is -1.47. The lowest BCUT2D eigenvalue weighted by atomic mass is 9.77. The SMILES string of the molecule is CCCCC(C)(C)c1cncc(OC(F)(F)C(F)(F)C(C)(CC)CC)c1. The summed E-state index contributed by atoms with van der Waals surface area (Å²) in [6, 6.07) is 1.39. The van der Waals surface area contributed by atoms with E-state index in [-0.39, 0.29) is 24.0 Å². The second-order valence-electron chi connectivity index (χ2n) is 7.86. The van der Waals surface area contributed by atoms with Gasteiger partial charge in [0.25, 0.3) is 0 Å². The van der Waals surface area contributed by atoms with Crippen LogP contribution in [-0.2, 0) is 5.41 Å². The number of aromatic nitrogens is 1. The predicted molar refractivity (Wildman–Crippen MR) is 96.0 cm³/mol. The average Bonchev–Trinajstić information content (AvgIpc) is 2.58. The summed E-state index contributed by atoms with van der Waals surface area (Å²) in [5.74, 6) is -4.65. The number of hydrogen-bond donors (Lipinski definition) is 0. The lowest BCUT2D eigenvalue weighted by Gasteiger charge is -2.39. The monoisotopic (exact) mass is 377 g/mol. The Hall–Kier alpha value is -1.33. The highest BCUT2D eigenvalue weighted by molar-refractivity contribution is 5.29. The summed E-state index contributed by atoms with van der Waals surface area (Å²) in [5, 5.41) is 0. The third-order valence-corrected chi connectivity index (χ3v) is 5.58. The van der Waals surface area contributed by atoms with E-state index in [1.165, 1.54) is 19.9 Å². The molecule has 1 aromatic heterocycles. The van der Waals surface area contributed by atoms with Gasteiger partial charge in [0.2, 0.25) is 0 Å². The molecule has 6 heteroatoms. The smallest absolute Gasteiger partial charge is 0.426 e. The van der Waals surface area contributed by atoms with E-state index in [9.17, 15) is 17.6 Å². The van der Waals surface area contributed by atoms with Gasteiger partial charge in [-0.1, -0.05) is 54.4 Å². The molecule has 0 aliphatic rings. The lowest BCUT2D eigenvalue weighted by Crippen LogP contribution is -2.55. The molecule has 26 heavy (non-hydrogen) atoms. The van der Waals surface area contributed by atoms with Crippen molar-refractivity contribution >= 4 is 0 Å². The van der Waals surface area contributed by atoms with Gasteiger partial charge >= 0.3 is 12.0 Å². The van der Waals surface area contributed by atoms with Crippen LogP contribution in [0.4, 0.5) is 17.6 Å². The summed E-state index contributed by atoms with van der Waals surface area (Å²) >= 11 is 0. The van der Waals surface area contributed by atoms with Gasteiger partial charge in [0.05, 0.1) is 6.20 Å². The number of hydrogen-bond acceptors (Lipinski definition) is 2. The summed E-state index contributed by atoms with van der Waals surface area (Å²) in [6.45, 7) is 10.1. The molecule has 0 N–H and O–H groups in total. The Morgan fingerprint density at radius 2 is 1.54 bits per heavy atom. The molecule has 0 radical (unpaired) electrons. The van der Waals surface area contributed by atoms with Gasteiger partial charge in [-0.15, -0.1) is 0 Å². The van der Waals surface area contributed by atoms with Crippen LogP contribution in [0.15, 0.2) is 18.5 Å². The van der Waals surface area contributed by atoms with Crippen molar-refractivity contribution in [2.45, 2.75) is 91.1 Å². The number of ether oxygens (including phenoxy) is 1. The third-order valence-electron chi connectivity index (χ3n) is 5.58. The molecule has 0 bridgehead atoms. The average molecular weight is 377 g/mol. The summed E-state index contributed by atoms with van der Waals surface area (Å²) in [4.78, 5) is 3.92. The van der Waals surface area contributed by atoms with E-state index in [2.05, 4.69) is 16.6 Å². The molecule has 0 unspecified atom stereocenters. The Bertz CT molecular complexity index is 583. The number of alkyl halides is 4. The first kappa shape index (κ1) is 22.7. The molecule has 0 aliphatic heterocycles. The minimum Gasteiger partial charge on any atom is -0.426 e. The summed E-state index contributed by atoms with van der Waals surface area (Å²) < 4.78 is 62.4. The van der Waals surface area contributed by atoms with E-state index in [0.29, 0.717) is 5.56 Å². The van der Waals surface area contributed by atoms with Gasteiger partial charge in [-0.25, -0.2) is 0 Å². The first-order valence-electron chi connectivity index (χ1n) is 9.27. The molecule has 0 amide bonds. The van der Waals surface area contributed by atoms with Gasteiger partial charge in [0.15, 0.2) is 0 Å². The van der Waals surface area contributed by atoms with Crippen LogP contribution in [0.2, 0.25) is 0 Å². The fourth-order valence-corrected chi connectivity index (χ4v) is 2.87. The predicted octanol–water partition coefficient (Wildman–Crippen LogP) is 6.98. The Labute approximate surface area is 154 Å². The minimum atomic E-state index is -4.62. The zero-order valence-corrected chi connectivity index (χ0v) is 16.6. The standard InChI is InChI=1S/C20H31F4NO/c1-7-10-11-17(4,5)15-12-16(14-25-13-15)26-20(23,24)19(21,22)18(6,8-2)9-3/h12-14H,7-11H2,1-6H3. The summed E-state index contributed by atoms with van der Waals surface area (Å²) in [6.07, 6.45) is 0.642. The van der Waals surface area contributed by atoms with E-state index in [1.807, 2.05) is 13.8 Å². The van der Waals surface area contributed by atoms with Crippen molar-refractivity contribution in [1.82, 2.24) is 4.98 Å². The van der Waals surface area contributed by atoms with Crippen molar-refractivity contribution in [3.8, 4) is 5.75 Å². The largest absolute Gasteiger partial charge is 0.464 e. The van der Waals surface area contributed by atoms with E-state index in [4.69, 9.17) is 0 Å². The van der Waals surface area contributed by atoms with Crippen LogP contribution in [-0.4, -0.2) is 17.0 Å². The third kappa shape index (κ3) is 4.49. The molecule has 2 nitrogen and oxygen atoms in total. The van der Waals surface area contributed by atoms with Gasteiger partial charge in [-0.3, -0.25) is 4.98 Å². The topological polar surface area (TPSA) is 22.1 Å². The second kappa shape index (κ2) is 8.13. The van der Waals surface area contributed by atoms with Crippen molar-refractivity contribution < 1.29 is 22.3 Å². The molecule has 0 aromatic carbocycles. The molecular formula is C20H31F4NO. The molecule has 0 aliphatic carbocycles. The zero-order valence-electron chi connectivity index (χ0n) is 16.6. The first-order chi connectivity index (χ1) is 11.9. The Kier molecular flexibility index (Phi) is 7.11. The van der Waals surface area contributed by atoms with Crippen molar-refractivity contribution in [2.75, 3.05) is 0 Å². The van der Waals surface area contributed by atoms with Crippen LogP contribution in [0, 0.1) is 5.41 Å². The van der Waals surface area contributed by atoms with Gasteiger partial charge in [-0.05, 0) is 36.3 Å². The summed E-state index contributed by atoms with van der Waals surface area (Å²) in [7, 11) is 0. The van der Waals surface area contributed by atoms with Crippen LogP contribution in [0.1, 0.15) is 79.2 Å². The first-order valence-corrected chi connectivity index (χ1v) is 9.27. The van der Waals surface area contributed by atoms with Gasteiger partial charge in [-0.2, -0.15) is 17.6 Å². The molecule has 0 saturated carbocycles. The molecule has 0 fully saturated rings. The van der Waals surface area contributed by atoms with Crippen LogP contribution < -0.4 is 4.74 Å². The minimum absolute atomic E-state index is 0.0855. The fraction of sp³-hybridized carbons (Fsp3) is 0.750. The van der Waals surface area contributed by atoms with Crippen LogP contribution in [0.25, 0.3) is 0 Å². The number of unbranched alkanes of at least 4 members (excludes halogenated alkanes) is 1. The molecule has 0 saturated heterocycles. The lowest BCUT2D eigenvalue weighted by molar-refractivity contribution is -0.346. The van der Waals surface area contributed by atoms with Crippen LogP contribution >= 0.6 is 0 Å². The van der Waals surface area contributed by atoms with E-state index in [1.54, 1.807) is 6.20 Å². The van der Waals surface area contributed by atoms with Crippen LogP contribution in [0.5, 0.6) is 5.75 Å². The number of rotatable bonds is 10. The van der Waals surface area contributed by atoms with Crippen LogP contribution in [0.3, 0.4) is 0 Å². The molecule has 0 spiro atoms. The number of halogens is 4. The second-order valence-corrected chi connectivity index (χ2v) is 7.86. The van der Waals surface area contributed by atoms with E-state index >= 15 is 0 Å². The maximum absolute atomic E-state index is 14.5. The molecule has 1 heterocycles. The normalized spacial score (nSPS) is 13.8. The highest BCUT2D eigenvalue weighted by Gasteiger charge is 2.67. The highest BCUT2D eigenvalue weighted by Crippen LogP contribution is 2.51. The van der Waals surface area contributed by atoms with Crippen molar-refractivity contribution in [3.05, 3.63) is 24.0 Å². The Balaban J connectivity index is 3.13. The molecule has 0 atom stereocenters. The zero-order chi connectivity index (χ0) is 20.2. The van der Waals surface area contributed by atoms with Gasteiger partial charge in [0.1, 0.15) is 5.75 Å². The molecule has 1 rings (SSSR count). The Morgan fingerprint density at radius 1 is 0.962 bits per heavy atom. The molecule has 1 aromatic rings. The van der Waals surface area contributed by atoms with E-state index in [0.717, 1.165) is 32.4 Å². The van der Waals surface area contributed by atoms with Gasteiger partial charge < -0.3 is 4.74 Å². The van der Waals surface area contributed by atoms with E-state index < -0.39 is 17.4 Å². The van der Waals surface area contributed by atoms with Crippen molar-refractivity contribution in [1.29, 1.82) is 0 Å². The van der Waals surface area contributed by atoms with Gasteiger partial charge in [0, 0.05) is 11.6 Å². The Morgan fingerprint density at radius 3 is 2.04 bits per heavy atom. The fourth-order valence-electron chi connectivity index (χ4n) is 2.87. The van der Waals surface area contributed by atoms with Crippen molar-refractivity contribution in [2.24, 2.45) is 5.41 Å². The van der Waals surface area contributed by atoms with Crippen molar-refractivity contribution in [3.63, 3.8) is 0 Å². The molecular weight excluding hydrogens is 346 g/mol. The number of nitrogens with zero attached hydrogens (tertiary/aromatic N) is 1.